The van der Waals surface area contributed by atoms with Crippen molar-refractivity contribution in [2.45, 2.75) is 19.8 Å². The van der Waals surface area contributed by atoms with Gasteiger partial charge in [-0.25, -0.2) is 12.7 Å². The van der Waals surface area contributed by atoms with E-state index in [-0.39, 0.29) is 11.8 Å². The smallest absolute Gasteiger partial charge is 0.223 e. The number of hydrogen-bond acceptors (Lipinski definition) is 4. The van der Waals surface area contributed by atoms with Gasteiger partial charge >= 0.3 is 0 Å². The summed E-state index contributed by atoms with van der Waals surface area (Å²) in [6, 6.07) is 5.47. The van der Waals surface area contributed by atoms with Gasteiger partial charge in [-0.15, -0.1) is 0 Å². The fraction of sp³-hybridized carbons (Fsp3) is 0.562. The standard InChI is InChI=1S/C16H23ClN2O4S/c1-12-3-4-14(11-15(12)17)23-10-7-18-16(20)13-5-8-19(9-6-13)24(2,21)22/h3-4,11,13H,5-10H2,1-2H3,(H,18,20). The minimum absolute atomic E-state index is 0.0475. The van der Waals surface area contributed by atoms with Crippen LogP contribution in [0.3, 0.4) is 0 Å². The van der Waals surface area contributed by atoms with E-state index in [4.69, 9.17) is 16.3 Å². The zero-order chi connectivity index (χ0) is 17.7. The Hall–Kier alpha value is -1.31. The predicted octanol–water partition coefficient (Wildman–Crippen LogP) is 1.82. The Kier molecular flexibility index (Phi) is 6.48. The molecule has 1 N–H and O–H groups in total. The Morgan fingerprint density at radius 1 is 1.38 bits per heavy atom. The summed E-state index contributed by atoms with van der Waals surface area (Å²) in [6.45, 7) is 3.47. The molecule has 0 radical (unpaired) electrons. The van der Waals surface area contributed by atoms with Crippen LogP contribution in [0.1, 0.15) is 18.4 Å². The fourth-order valence-electron chi connectivity index (χ4n) is 2.60. The van der Waals surface area contributed by atoms with Gasteiger partial charge < -0.3 is 10.1 Å². The lowest BCUT2D eigenvalue weighted by Crippen LogP contribution is -2.43. The molecule has 134 valence electrons. The number of aryl methyl sites for hydroxylation is 1. The van der Waals surface area contributed by atoms with E-state index in [9.17, 15) is 13.2 Å². The Labute approximate surface area is 148 Å². The van der Waals surface area contributed by atoms with Gasteiger partial charge in [0.05, 0.1) is 12.8 Å². The van der Waals surface area contributed by atoms with E-state index < -0.39 is 10.0 Å². The first kappa shape index (κ1) is 19.0. The van der Waals surface area contributed by atoms with Gasteiger partial charge in [-0.3, -0.25) is 4.79 Å². The second-order valence-electron chi connectivity index (χ2n) is 5.99. The average molecular weight is 375 g/mol. The maximum atomic E-state index is 12.1. The second kappa shape index (κ2) is 8.18. The first-order valence-electron chi connectivity index (χ1n) is 7.89. The lowest BCUT2D eigenvalue weighted by Gasteiger charge is -2.29. The molecule has 0 bridgehead atoms. The molecule has 24 heavy (non-hydrogen) atoms. The zero-order valence-electron chi connectivity index (χ0n) is 13.9. The van der Waals surface area contributed by atoms with Crippen LogP contribution in [0.4, 0.5) is 0 Å². The largest absolute Gasteiger partial charge is 0.492 e. The number of sulfonamides is 1. The highest BCUT2D eigenvalue weighted by molar-refractivity contribution is 7.88. The highest BCUT2D eigenvalue weighted by Gasteiger charge is 2.28. The van der Waals surface area contributed by atoms with Crippen LogP contribution in [0.2, 0.25) is 5.02 Å². The van der Waals surface area contributed by atoms with Gasteiger partial charge in [-0.05, 0) is 37.5 Å². The van der Waals surface area contributed by atoms with Crippen LogP contribution in [-0.2, 0) is 14.8 Å². The third kappa shape index (κ3) is 5.36. The summed E-state index contributed by atoms with van der Waals surface area (Å²) in [4.78, 5) is 12.1. The number of halogens is 1. The molecule has 0 aliphatic carbocycles. The first-order valence-corrected chi connectivity index (χ1v) is 10.1. The SMILES string of the molecule is Cc1ccc(OCCNC(=O)C2CCN(S(C)(=O)=O)CC2)cc1Cl. The first-order chi connectivity index (χ1) is 11.3. The van der Waals surface area contributed by atoms with E-state index in [0.717, 1.165) is 5.56 Å². The summed E-state index contributed by atoms with van der Waals surface area (Å²) in [6.07, 6.45) is 2.29. The number of nitrogens with zero attached hydrogens (tertiary/aromatic N) is 1. The molecule has 0 spiro atoms. The topological polar surface area (TPSA) is 75.7 Å². The summed E-state index contributed by atoms with van der Waals surface area (Å²) in [5, 5.41) is 3.48. The van der Waals surface area contributed by atoms with Crippen molar-refractivity contribution in [1.82, 2.24) is 9.62 Å². The summed E-state index contributed by atoms with van der Waals surface area (Å²) in [5.74, 6) is 0.479. The van der Waals surface area contributed by atoms with Crippen LogP contribution in [0, 0.1) is 12.8 Å². The highest BCUT2D eigenvalue weighted by Crippen LogP contribution is 2.21. The Bertz CT molecular complexity index is 685. The van der Waals surface area contributed by atoms with Gasteiger partial charge in [0.2, 0.25) is 15.9 Å². The molecule has 1 aliphatic heterocycles. The molecule has 0 atom stereocenters. The van der Waals surface area contributed by atoms with Crippen LogP contribution in [0.15, 0.2) is 18.2 Å². The highest BCUT2D eigenvalue weighted by atomic mass is 35.5. The summed E-state index contributed by atoms with van der Waals surface area (Å²) in [7, 11) is -3.16. The van der Waals surface area contributed by atoms with Gasteiger partial charge in [0.15, 0.2) is 0 Å². The minimum Gasteiger partial charge on any atom is -0.492 e. The quantitative estimate of drug-likeness (QED) is 0.770. The molecule has 1 fully saturated rings. The molecule has 0 aromatic heterocycles. The summed E-state index contributed by atoms with van der Waals surface area (Å²) >= 11 is 6.03. The lowest BCUT2D eigenvalue weighted by atomic mass is 9.97. The van der Waals surface area contributed by atoms with Crippen molar-refractivity contribution in [3.63, 3.8) is 0 Å². The Morgan fingerprint density at radius 2 is 2.04 bits per heavy atom. The van der Waals surface area contributed by atoms with E-state index in [1.807, 2.05) is 19.1 Å². The van der Waals surface area contributed by atoms with Gasteiger partial charge in [-0.2, -0.15) is 0 Å². The fourth-order valence-corrected chi connectivity index (χ4v) is 3.65. The molecule has 1 saturated heterocycles. The third-order valence-corrected chi connectivity index (χ3v) is 5.82. The molecule has 2 rings (SSSR count). The monoisotopic (exact) mass is 374 g/mol. The van der Waals surface area contributed by atoms with Crippen molar-refractivity contribution in [2.24, 2.45) is 5.92 Å². The number of amides is 1. The molecule has 1 aliphatic rings. The van der Waals surface area contributed by atoms with Crippen LogP contribution in [0.25, 0.3) is 0 Å². The van der Waals surface area contributed by atoms with Gasteiger partial charge in [0.25, 0.3) is 0 Å². The number of piperidine rings is 1. The molecular formula is C16H23ClN2O4S. The van der Waals surface area contributed by atoms with Gasteiger partial charge in [0, 0.05) is 24.0 Å². The minimum atomic E-state index is -3.16. The number of carbonyl (C=O) groups excluding carboxylic acids is 1. The molecule has 1 aromatic carbocycles. The second-order valence-corrected chi connectivity index (χ2v) is 8.38. The van der Waals surface area contributed by atoms with Crippen molar-refractivity contribution in [3.05, 3.63) is 28.8 Å². The summed E-state index contributed by atoms with van der Waals surface area (Å²) in [5.41, 5.74) is 0.984. The number of benzene rings is 1. The maximum absolute atomic E-state index is 12.1. The number of rotatable bonds is 6. The molecule has 8 heteroatoms. The maximum Gasteiger partial charge on any atom is 0.223 e. The van der Waals surface area contributed by atoms with Gasteiger partial charge in [0.1, 0.15) is 12.4 Å². The Morgan fingerprint density at radius 3 is 2.62 bits per heavy atom. The van der Waals surface area contributed by atoms with Crippen molar-refractivity contribution >= 4 is 27.5 Å². The zero-order valence-corrected chi connectivity index (χ0v) is 15.5. The summed E-state index contributed by atoms with van der Waals surface area (Å²) < 4.78 is 29.9. The van der Waals surface area contributed by atoms with Crippen LogP contribution >= 0.6 is 11.6 Å². The van der Waals surface area contributed by atoms with E-state index in [0.29, 0.717) is 49.9 Å². The average Bonchev–Trinajstić information content (AvgIpc) is 2.54. The number of ether oxygens (including phenoxy) is 1. The van der Waals surface area contributed by atoms with Gasteiger partial charge in [-0.1, -0.05) is 17.7 Å². The van der Waals surface area contributed by atoms with E-state index in [1.54, 1.807) is 6.07 Å². The van der Waals surface area contributed by atoms with Crippen molar-refractivity contribution in [1.29, 1.82) is 0 Å². The van der Waals surface area contributed by atoms with E-state index in [2.05, 4.69) is 5.32 Å². The number of hydrogen-bond donors (Lipinski definition) is 1. The number of carbonyl (C=O) groups is 1. The predicted molar refractivity (Wildman–Crippen MR) is 93.8 cm³/mol. The van der Waals surface area contributed by atoms with Crippen molar-refractivity contribution in [3.8, 4) is 5.75 Å². The number of nitrogens with one attached hydrogen (secondary N) is 1. The molecule has 6 nitrogen and oxygen atoms in total. The van der Waals surface area contributed by atoms with Crippen molar-refractivity contribution < 1.29 is 17.9 Å². The third-order valence-electron chi connectivity index (χ3n) is 4.11. The normalized spacial score (nSPS) is 16.8. The molecular weight excluding hydrogens is 352 g/mol. The van der Waals surface area contributed by atoms with Crippen LogP contribution in [0.5, 0.6) is 5.75 Å². The molecule has 1 aromatic rings. The van der Waals surface area contributed by atoms with Crippen LogP contribution in [-0.4, -0.2) is 51.1 Å². The van der Waals surface area contributed by atoms with E-state index >= 15 is 0 Å². The molecule has 1 heterocycles. The molecule has 0 unspecified atom stereocenters. The lowest BCUT2D eigenvalue weighted by molar-refractivity contribution is -0.126. The van der Waals surface area contributed by atoms with Crippen molar-refractivity contribution in [2.75, 3.05) is 32.5 Å². The molecule has 0 saturated carbocycles. The van der Waals surface area contributed by atoms with E-state index in [1.165, 1.54) is 10.6 Å². The Balaban J connectivity index is 1.69. The van der Waals surface area contributed by atoms with Crippen LogP contribution < -0.4 is 10.1 Å². The molecule has 1 amide bonds.